The van der Waals surface area contributed by atoms with Crippen molar-refractivity contribution in [3.63, 3.8) is 0 Å². The van der Waals surface area contributed by atoms with Crippen molar-refractivity contribution in [1.82, 2.24) is 10.2 Å². The summed E-state index contributed by atoms with van der Waals surface area (Å²) in [6, 6.07) is 4.51. The summed E-state index contributed by atoms with van der Waals surface area (Å²) in [6.45, 7) is -0.665. The lowest BCUT2D eigenvalue weighted by Crippen LogP contribution is -2.35. The lowest BCUT2D eigenvalue weighted by Gasteiger charge is -2.07. The number of nitrogens with zero attached hydrogens (tertiary/aromatic N) is 1. The van der Waals surface area contributed by atoms with Gasteiger partial charge in [-0.1, -0.05) is 6.07 Å². The highest BCUT2D eigenvalue weighted by molar-refractivity contribution is 14.1. The van der Waals surface area contributed by atoms with Crippen molar-refractivity contribution in [3.8, 4) is 5.75 Å². The number of carbonyl (C=O) groups is 3. The van der Waals surface area contributed by atoms with Crippen LogP contribution in [0.1, 0.15) is 5.56 Å². The highest BCUT2D eigenvalue weighted by Gasteiger charge is 2.34. The standard InChI is InChI=1S/C13H11IN2O5/c1-21-10-3-2-7(4-8(10)14)5-9-12(19)16(6-11(17)18)13(20)15-9/h2-5H,6H2,1H3,(H,15,20)(H,17,18)/b9-5+. The number of nitrogens with one attached hydrogen (secondary N) is 1. The Kier molecular flexibility index (Phi) is 4.46. The number of rotatable bonds is 4. The largest absolute Gasteiger partial charge is 0.496 e. The van der Waals surface area contributed by atoms with E-state index in [-0.39, 0.29) is 5.70 Å². The minimum absolute atomic E-state index is 0.0437. The number of halogens is 1. The van der Waals surface area contributed by atoms with Gasteiger partial charge in [0.2, 0.25) is 0 Å². The first kappa shape index (κ1) is 15.3. The predicted octanol–water partition coefficient (Wildman–Crippen LogP) is 1.28. The molecular weight excluding hydrogens is 391 g/mol. The van der Waals surface area contributed by atoms with Crippen LogP contribution in [0.3, 0.4) is 0 Å². The second-order valence-electron chi connectivity index (χ2n) is 4.17. The first-order chi connectivity index (χ1) is 9.92. The molecule has 1 heterocycles. The van der Waals surface area contributed by atoms with Crippen molar-refractivity contribution in [1.29, 1.82) is 0 Å². The van der Waals surface area contributed by atoms with Crippen LogP contribution in [0.5, 0.6) is 5.75 Å². The van der Waals surface area contributed by atoms with Crippen molar-refractivity contribution >= 4 is 46.6 Å². The van der Waals surface area contributed by atoms with Gasteiger partial charge < -0.3 is 15.2 Å². The Morgan fingerprint density at radius 3 is 2.76 bits per heavy atom. The van der Waals surface area contributed by atoms with Crippen LogP contribution < -0.4 is 10.1 Å². The molecule has 2 N–H and O–H groups in total. The summed E-state index contributed by atoms with van der Waals surface area (Å²) in [5.41, 5.74) is 0.739. The zero-order valence-corrected chi connectivity index (χ0v) is 13.1. The van der Waals surface area contributed by atoms with E-state index < -0.39 is 24.5 Å². The third-order valence-corrected chi connectivity index (χ3v) is 3.59. The summed E-state index contributed by atoms with van der Waals surface area (Å²) in [5, 5.41) is 11.0. The smallest absolute Gasteiger partial charge is 0.329 e. The van der Waals surface area contributed by atoms with Gasteiger partial charge in [0, 0.05) is 0 Å². The molecule has 3 amide bonds. The molecular formula is C13H11IN2O5. The summed E-state index contributed by atoms with van der Waals surface area (Å²) in [6.07, 6.45) is 1.49. The highest BCUT2D eigenvalue weighted by atomic mass is 127. The number of carboxylic acid groups (broad SMARTS) is 1. The van der Waals surface area contributed by atoms with Gasteiger partial charge in [-0.2, -0.15) is 0 Å². The van der Waals surface area contributed by atoms with Crippen molar-refractivity contribution in [3.05, 3.63) is 33.0 Å². The van der Waals surface area contributed by atoms with Crippen LogP contribution in [0.25, 0.3) is 6.08 Å². The Morgan fingerprint density at radius 2 is 2.19 bits per heavy atom. The highest BCUT2D eigenvalue weighted by Crippen LogP contribution is 2.23. The van der Waals surface area contributed by atoms with Crippen LogP contribution in [0, 0.1) is 3.57 Å². The topological polar surface area (TPSA) is 95.9 Å². The van der Waals surface area contributed by atoms with E-state index in [0.29, 0.717) is 16.2 Å². The third kappa shape index (κ3) is 3.32. The van der Waals surface area contributed by atoms with Gasteiger partial charge in [-0.05, 0) is 46.4 Å². The monoisotopic (exact) mass is 402 g/mol. The molecule has 1 saturated heterocycles. The van der Waals surface area contributed by atoms with Gasteiger partial charge in [-0.15, -0.1) is 0 Å². The lowest BCUT2D eigenvalue weighted by atomic mass is 10.2. The molecule has 21 heavy (non-hydrogen) atoms. The maximum Gasteiger partial charge on any atom is 0.329 e. The van der Waals surface area contributed by atoms with E-state index in [4.69, 9.17) is 9.84 Å². The van der Waals surface area contributed by atoms with Gasteiger partial charge >= 0.3 is 12.0 Å². The van der Waals surface area contributed by atoms with Crippen molar-refractivity contribution < 1.29 is 24.2 Å². The van der Waals surface area contributed by atoms with Crippen molar-refractivity contribution in [2.24, 2.45) is 0 Å². The normalized spacial score (nSPS) is 16.3. The third-order valence-electron chi connectivity index (χ3n) is 2.74. The molecule has 7 nitrogen and oxygen atoms in total. The lowest BCUT2D eigenvalue weighted by molar-refractivity contribution is -0.140. The number of carboxylic acids is 1. The number of ether oxygens (including phenoxy) is 1. The summed E-state index contributed by atoms with van der Waals surface area (Å²) in [5.74, 6) is -1.21. The summed E-state index contributed by atoms with van der Waals surface area (Å²) in [7, 11) is 1.56. The van der Waals surface area contributed by atoms with Crippen LogP contribution in [0.15, 0.2) is 23.9 Å². The van der Waals surface area contributed by atoms with Gasteiger partial charge in [0.25, 0.3) is 5.91 Å². The predicted molar refractivity (Wildman–Crippen MR) is 81.6 cm³/mol. The van der Waals surface area contributed by atoms with Gasteiger partial charge in [-0.25, -0.2) is 9.69 Å². The number of urea groups is 1. The molecule has 8 heteroatoms. The Labute approximate surface area is 133 Å². The molecule has 0 atom stereocenters. The molecule has 1 fully saturated rings. The van der Waals surface area contributed by atoms with E-state index in [1.54, 1.807) is 25.3 Å². The average Bonchev–Trinajstić information content (AvgIpc) is 2.66. The molecule has 0 unspecified atom stereocenters. The molecule has 0 saturated carbocycles. The van der Waals surface area contributed by atoms with Crippen LogP contribution >= 0.6 is 22.6 Å². The van der Waals surface area contributed by atoms with Crippen molar-refractivity contribution in [2.75, 3.05) is 13.7 Å². The maximum absolute atomic E-state index is 11.9. The summed E-state index contributed by atoms with van der Waals surface area (Å²) in [4.78, 5) is 34.8. The molecule has 0 aliphatic carbocycles. The van der Waals surface area contributed by atoms with Crippen LogP contribution in [-0.4, -0.2) is 41.6 Å². The van der Waals surface area contributed by atoms with Gasteiger partial charge in [0.1, 0.15) is 18.0 Å². The SMILES string of the molecule is COc1ccc(/C=C2/NC(=O)N(CC(=O)O)C2=O)cc1I. The second-order valence-corrected chi connectivity index (χ2v) is 5.33. The van der Waals surface area contributed by atoms with Crippen LogP contribution in [0.4, 0.5) is 4.79 Å². The number of methoxy groups -OCH3 is 1. The summed E-state index contributed by atoms with van der Waals surface area (Å²) >= 11 is 2.09. The fourth-order valence-corrected chi connectivity index (χ4v) is 2.55. The number of benzene rings is 1. The van der Waals surface area contributed by atoms with Gasteiger partial charge in [0.05, 0.1) is 10.7 Å². The molecule has 0 spiro atoms. The molecule has 1 aromatic rings. The first-order valence-electron chi connectivity index (χ1n) is 5.82. The molecule has 1 aliphatic rings. The van der Waals surface area contributed by atoms with E-state index in [1.165, 1.54) is 6.08 Å². The van der Waals surface area contributed by atoms with Gasteiger partial charge in [0.15, 0.2) is 0 Å². The number of amides is 3. The number of imide groups is 1. The van der Waals surface area contributed by atoms with Crippen LogP contribution in [-0.2, 0) is 9.59 Å². The van der Waals surface area contributed by atoms with Gasteiger partial charge in [-0.3, -0.25) is 9.59 Å². The fourth-order valence-electron chi connectivity index (χ4n) is 1.79. The van der Waals surface area contributed by atoms with E-state index >= 15 is 0 Å². The maximum atomic E-state index is 11.9. The number of hydrogen-bond donors (Lipinski definition) is 2. The average molecular weight is 402 g/mol. The molecule has 0 aromatic heterocycles. The molecule has 2 rings (SSSR count). The number of aliphatic carboxylic acids is 1. The molecule has 110 valence electrons. The Morgan fingerprint density at radius 1 is 1.48 bits per heavy atom. The van der Waals surface area contributed by atoms with E-state index in [1.807, 2.05) is 0 Å². The summed E-state index contributed by atoms with van der Waals surface area (Å²) < 4.78 is 5.98. The molecule has 0 bridgehead atoms. The number of hydrogen-bond acceptors (Lipinski definition) is 4. The number of carbonyl (C=O) groups excluding carboxylic acids is 2. The van der Waals surface area contributed by atoms with E-state index in [0.717, 1.165) is 3.57 Å². The van der Waals surface area contributed by atoms with Crippen molar-refractivity contribution in [2.45, 2.75) is 0 Å². The Hall–Kier alpha value is -2.10. The molecule has 1 aliphatic heterocycles. The quantitative estimate of drug-likeness (QED) is 0.450. The van der Waals surface area contributed by atoms with E-state index in [2.05, 4.69) is 27.9 Å². The minimum atomic E-state index is -1.25. The zero-order chi connectivity index (χ0) is 15.6. The second kappa shape index (κ2) is 6.12. The Balaban J connectivity index is 2.26. The minimum Gasteiger partial charge on any atom is -0.496 e. The molecule has 1 aromatic carbocycles. The zero-order valence-electron chi connectivity index (χ0n) is 10.9. The molecule has 0 radical (unpaired) electrons. The first-order valence-corrected chi connectivity index (χ1v) is 6.90. The van der Waals surface area contributed by atoms with Crippen LogP contribution in [0.2, 0.25) is 0 Å². The van der Waals surface area contributed by atoms with E-state index in [9.17, 15) is 14.4 Å². The Bertz CT molecular complexity index is 656. The fraction of sp³-hybridized carbons (Fsp3) is 0.154.